The van der Waals surface area contributed by atoms with Crippen LogP contribution in [-0.2, 0) is 13.1 Å². The summed E-state index contributed by atoms with van der Waals surface area (Å²) < 4.78 is 0. The summed E-state index contributed by atoms with van der Waals surface area (Å²) in [7, 11) is 2.16. The molecule has 2 heterocycles. The molecule has 2 aromatic carbocycles. The van der Waals surface area contributed by atoms with E-state index in [-0.39, 0.29) is 18.0 Å². The van der Waals surface area contributed by atoms with Crippen molar-refractivity contribution in [3.63, 3.8) is 0 Å². The highest BCUT2D eigenvalue weighted by molar-refractivity contribution is 5.95. The molecule has 1 amide bonds. The first-order chi connectivity index (χ1) is 16.3. The lowest BCUT2D eigenvalue weighted by atomic mass is 10.0. The average molecular weight is 465 g/mol. The van der Waals surface area contributed by atoms with Crippen LogP contribution in [0.1, 0.15) is 45.7 Å². The fourth-order valence-corrected chi connectivity index (χ4v) is 5.19. The second-order valence-corrected chi connectivity index (χ2v) is 9.89. The third kappa shape index (κ3) is 5.84. The van der Waals surface area contributed by atoms with E-state index in [4.69, 9.17) is 5.11 Å². The lowest BCUT2D eigenvalue weighted by molar-refractivity contribution is 0.0268. The second kappa shape index (κ2) is 10.7. The molecular weight excluding hydrogens is 428 g/mol. The Kier molecular flexibility index (Phi) is 7.66. The largest absolute Gasteiger partial charge is 0.478 e. The van der Waals surface area contributed by atoms with E-state index in [0.717, 1.165) is 63.5 Å². The topological polar surface area (TPSA) is 67.3 Å². The molecule has 2 aliphatic heterocycles. The SMILES string of the molecule is C[C@@H]1CN(Cc2ccc(C(=O)O)cc2)C[C@H](C)N1C(=O)c1cccc(CN2CCN(C)CC2)c1. The van der Waals surface area contributed by atoms with Crippen molar-refractivity contribution in [1.29, 1.82) is 0 Å². The second-order valence-electron chi connectivity index (χ2n) is 9.89. The van der Waals surface area contributed by atoms with Crippen LogP contribution in [0, 0.1) is 0 Å². The Hall–Kier alpha value is -2.74. The van der Waals surface area contributed by atoms with Gasteiger partial charge in [0.2, 0.25) is 0 Å². The fourth-order valence-electron chi connectivity index (χ4n) is 5.19. The van der Waals surface area contributed by atoms with Crippen LogP contribution in [-0.4, -0.2) is 95.0 Å². The number of benzene rings is 2. The molecule has 7 nitrogen and oxygen atoms in total. The molecule has 0 saturated carbocycles. The Balaban J connectivity index is 1.38. The normalized spacial score (nSPS) is 22.6. The molecule has 2 fully saturated rings. The van der Waals surface area contributed by atoms with Crippen molar-refractivity contribution < 1.29 is 14.7 Å². The highest BCUT2D eigenvalue weighted by atomic mass is 16.4. The molecule has 182 valence electrons. The van der Waals surface area contributed by atoms with Crippen molar-refractivity contribution in [3.05, 3.63) is 70.8 Å². The summed E-state index contributed by atoms with van der Waals surface area (Å²) in [5.74, 6) is -0.806. The number of rotatable bonds is 6. The van der Waals surface area contributed by atoms with E-state index >= 15 is 0 Å². The monoisotopic (exact) mass is 464 g/mol. The zero-order valence-corrected chi connectivity index (χ0v) is 20.5. The molecule has 7 heteroatoms. The quantitative estimate of drug-likeness (QED) is 0.709. The van der Waals surface area contributed by atoms with Crippen LogP contribution < -0.4 is 0 Å². The van der Waals surface area contributed by atoms with Crippen LogP contribution in [0.4, 0.5) is 0 Å². The summed E-state index contributed by atoms with van der Waals surface area (Å²) in [5.41, 5.74) is 3.35. The maximum atomic E-state index is 13.5. The summed E-state index contributed by atoms with van der Waals surface area (Å²) >= 11 is 0. The van der Waals surface area contributed by atoms with Crippen LogP contribution in [0.5, 0.6) is 0 Å². The minimum absolute atomic E-state index is 0.0934. The molecule has 34 heavy (non-hydrogen) atoms. The number of aromatic carboxylic acids is 1. The molecule has 2 saturated heterocycles. The van der Waals surface area contributed by atoms with E-state index in [0.29, 0.717) is 5.56 Å². The number of piperazine rings is 2. The van der Waals surface area contributed by atoms with E-state index < -0.39 is 5.97 Å². The zero-order chi connectivity index (χ0) is 24.2. The van der Waals surface area contributed by atoms with Gasteiger partial charge in [-0.1, -0.05) is 24.3 Å². The Bertz CT molecular complexity index is 989. The molecule has 2 aliphatic rings. The Labute approximate surface area is 202 Å². The lowest BCUT2D eigenvalue weighted by Gasteiger charge is -2.44. The van der Waals surface area contributed by atoms with Crippen molar-refractivity contribution in [2.45, 2.75) is 39.0 Å². The van der Waals surface area contributed by atoms with Crippen LogP contribution >= 0.6 is 0 Å². The molecule has 4 rings (SSSR count). The van der Waals surface area contributed by atoms with Gasteiger partial charge < -0.3 is 14.9 Å². The predicted molar refractivity (Wildman–Crippen MR) is 133 cm³/mol. The Morgan fingerprint density at radius 2 is 1.44 bits per heavy atom. The number of hydrogen-bond acceptors (Lipinski definition) is 5. The maximum Gasteiger partial charge on any atom is 0.335 e. The van der Waals surface area contributed by atoms with Gasteiger partial charge in [-0.05, 0) is 56.3 Å². The van der Waals surface area contributed by atoms with Gasteiger partial charge in [0.15, 0.2) is 0 Å². The summed E-state index contributed by atoms with van der Waals surface area (Å²) in [4.78, 5) is 33.8. The molecule has 0 aliphatic carbocycles. The summed E-state index contributed by atoms with van der Waals surface area (Å²) in [6, 6.07) is 15.4. The van der Waals surface area contributed by atoms with E-state index in [1.165, 1.54) is 5.56 Å². The molecule has 1 N–H and O–H groups in total. The van der Waals surface area contributed by atoms with Gasteiger partial charge in [-0.2, -0.15) is 0 Å². The maximum absolute atomic E-state index is 13.5. The average Bonchev–Trinajstić information content (AvgIpc) is 2.80. The lowest BCUT2D eigenvalue weighted by Crippen LogP contribution is -2.58. The van der Waals surface area contributed by atoms with E-state index in [1.54, 1.807) is 12.1 Å². The zero-order valence-electron chi connectivity index (χ0n) is 20.5. The number of carbonyl (C=O) groups is 2. The minimum atomic E-state index is -0.909. The minimum Gasteiger partial charge on any atom is -0.478 e. The van der Waals surface area contributed by atoms with E-state index in [1.807, 2.05) is 29.2 Å². The summed E-state index contributed by atoms with van der Waals surface area (Å²) in [5, 5.41) is 9.10. The first kappa shape index (κ1) is 24.4. The van der Waals surface area contributed by atoms with Crippen molar-refractivity contribution in [3.8, 4) is 0 Å². The van der Waals surface area contributed by atoms with Crippen molar-refractivity contribution in [1.82, 2.24) is 19.6 Å². The van der Waals surface area contributed by atoms with Gasteiger partial charge in [-0.25, -0.2) is 4.79 Å². The van der Waals surface area contributed by atoms with Gasteiger partial charge in [0.25, 0.3) is 5.91 Å². The van der Waals surface area contributed by atoms with Gasteiger partial charge in [0.1, 0.15) is 0 Å². The van der Waals surface area contributed by atoms with Gasteiger partial charge in [-0.15, -0.1) is 0 Å². The van der Waals surface area contributed by atoms with Crippen LogP contribution in [0.15, 0.2) is 48.5 Å². The van der Waals surface area contributed by atoms with Crippen molar-refractivity contribution in [2.24, 2.45) is 0 Å². The van der Waals surface area contributed by atoms with E-state index in [9.17, 15) is 9.59 Å². The van der Waals surface area contributed by atoms with Crippen molar-refractivity contribution in [2.75, 3.05) is 46.3 Å². The number of nitrogens with zero attached hydrogens (tertiary/aromatic N) is 4. The number of amides is 1. The fraction of sp³-hybridized carbons (Fsp3) is 0.481. The molecule has 0 bridgehead atoms. The molecule has 0 spiro atoms. The summed E-state index contributed by atoms with van der Waals surface area (Å²) in [6.45, 7) is 11.7. The van der Waals surface area contributed by atoms with E-state index in [2.05, 4.69) is 47.7 Å². The van der Waals surface area contributed by atoms with Gasteiger partial charge >= 0.3 is 5.97 Å². The first-order valence-electron chi connectivity index (χ1n) is 12.2. The highest BCUT2D eigenvalue weighted by Crippen LogP contribution is 2.22. The molecule has 0 unspecified atom stereocenters. The number of hydrogen-bond donors (Lipinski definition) is 1. The molecule has 0 aromatic heterocycles. The Morgan fingerprint density at radius 3 is 2.06 bits per heavy atom. The predicted octanol–water partition coefficient (Wildman–Crippen LogP) is 2.87. The smallest absolute Gasteiger partial charge is 0.335 e. The van der Waals surface area contributed by atoms with Crippen LogP contribution in [0.25, 0.3) is 0 Å². The third-order valence-corrected chi connectivity index (χ3v) is 7.01. The number of carboxylic acids is 1. The Morgan fingerprint density at radius 1 is 0.824 bits per heavy atom. The third-order valence-electron chi connectivity index (χ3n) is 7.01. The van der Waals surface area contributed by atoms with Gasteiger partial charge in [-0.3, -0.25) is 14.6 Å². The van der Waals surface area contributed by atoms with Crippen LogP contribution in [0.2, 0.25) is 0 Å². The van der Waals surface area contributed by atoms with Crippen LogP contribution in [0.3, 0.4) is 0 Å². The molecule has 2 atom stereocenters. The van der Waals surface area contributed by atoms with Crippen molar-refractivity contribution >= 4 is 11.9 Å². The molecule has 2 aromatic rings. The molecule has 0 radical (unpaired) electrons. The molecular formula is C27H36N4O3. The number of carboxylic acid groups (broad SMARTS) is 1. The first-order valence-corrected chi connectivity index (χ1v) is 12.2. The van der Waals surface area contributed by atoms with Gasteiger partial charge in [0.05, 0.1) is 5.56 Å². The van der Waals surface area contributed by atoms with Gasteiger partial charge in [0, 0.05) is 70.0 Å². The number of carbonyl (C=O) groups excluding carboxylic acids is 1. The summed E-state index contributed by atoms with van der Waals surface area (Å²) in [6.07, 6.45) is 0. The number of likely N-dealkylation sites (N-methyl/N-ethyl adjacent to an activating group) is 1. The highest BCUT2D eigenvalue weighted by Gasteiger charge is 2.33. The standard InChI is InChI=1S/C27H36N4O3/c1-20-16-30(18-22-7-9-24(10-8-22)27(33)34)17-21(2)31(20)26(32)25-6-4-5-23(15-25)19-29-13-11-28(3)12-14-29/h4-10,15,20-21H,11-14,16-19H2,1-3H3,(H,33,34)/t20-,21+.